The molecule has 0 aliphatic carbocycles. The average molecular weight is 389 g/mol. The standard InChI is InChI=1S/C24H27N3O2/c28-24(25-29)22-9-6-20(7-10-22)18-27-15-13-26(14-16-27)12-11-19-5-8-21-3-1-2-4-23(21)17-19/h1-10,17,29H,11-16,18H2,(H,25,28). The highest BCUT2D eigenvalue weighted by Crippen LogP contribution is 2.17. The van der Waals surface area contributed by atoms with Crippen LogP contribution in [0.4, 0.5) is 0 Å². The van der Waals surface area contributed by atoms with E-state index in [-0.39, 0.29) is 0 Å². The Labute approximate surface area is 171 Å². The van der Waals surface area contributed by atoms with Crippen molar-refractivity contribution in [3.63, 3.8) is 0 Å². The van der Waals surface area contributed by atoms with Gasteiger partial charge in [0.25, 0.3) is 5.91 Å². The van der Waals surface area contributed by atoms with Gasteiger partial charge in [0.05, 0.1) is 0 Å². The topological polar surface area (TPSA) is 55.8 Å². The van der Waals surface area contributed by atoms with Gasteiger partial charge in [-0.2, -0.15) is 0 Å². The second-order valence-electron chi connectivity index (χ2n) is 7.69. The quantitative estimate of drug-likeness (QED) is 0.502. The molecule has 5 nitrogen and oxygen atoms in total. The Bertz CT molecular complexity index is 963. The van der Waals surface area contributed by atoms with Gasteiger partial charge >= 0.3 is 0 Å². The molecule has 1 amide bonds. The van der Waals surface area contributed by atoms with Crippen molar-refractivity contribution >= 4 is 16.7 Å². The zero-order valence-electron chi connectivity index (χ0n) is 16.6. The van der Waals surface area contributed by atoms with E-state index in [2.05, 4.69) is 52.3 Å². The lowest BCUT2D eigenvalue weighted by molar-refractivity contribution is 0.0706. The van der Waals surface area contributed by atoms with Crippen LogP contribution in [0.25, 0.3) is 10.8 Å². The van der Waals surface area contributed by atoms with E-state index in [1.54, 1.807) is 17.6 Å². The zero-order valence-corrected chi connectivity index (χ0v) is 16.6. The van der Waals surface area contributed by atoms with Gasteiger partial charge in [-0.1, -0.05) is 54.6 Å². The molecule has 2 N–H and O–H groups in total. The number of hydrogen-bond donors (Lipinski definition) is 2. The minimum Gasteiger partial charge on any atom is -0.300 e. The van der Waals surface area contributed by atoms with Gasteiger partial charge in [0.15, 0.2) is 0 Å². The summed E-state index contributed by atoms with van der Waals surface area (Å²) in [5, 5.41) is 11.3. The van der Waals surface area contributed by atoms with E-state index in [9.17, 15) is 4.79 Å². The third-order valence-corrected chi connectivity index (χ3v) is 5.72. The Kier molecular flexibility index (Phi) is 6.20. The van der Waals surface area contributed by atoms with Crippen LogP contribution in [-0.2, 0) is 13.0 Å². The van der Waals surface area contributed by atoms with Gasteiger partial charge in [0, 0.05) is 44.8 Å². The number of piperazine rings is 1. The largest absolute Gasteiger partial charge is 0.300 e. The number of amides is 1. The van der Waals surface area contributed by atoms with E-state index in [1.807, 2.05) is 12.1 Å². The predicted octanol–water partition coefficient (Wildman–Crippen LogP) is 3.32. The van der Waals surface area contributed by atoms with Crippen molar-refractivity contribution in [3.05, 3.63) is 83.4 Å². The number of rotatable bonds is 6. The van der Waals surface area contributed by atoms with Crippen LogP contribution < -0.4 is 5.48 Å². The summed E-state index contributed by atoms with van der Waals surface area (Å²) in [4.78, 5) is 16.4. The molecule has 0 atom stereocenters. The molecule has 1 heterocycles. The van der Waals surface area contributed by atoms with Crippen LogP contribution in [-0.4, -0.2) is 53.6 Å². The van der Waals surface area contributed by atoms with Gasteiger partial charge in [0.2, 0.25) is 0 Å². The minimum atomic E-state index is -0.475. The fourth-order valence-corrected chi connectivity index (χ4v) is 3.94. The summed E-state index contributed by atoms with van der Waals surface area (Å²) in [5.41, 5.74) is 4.72. The van der Waals surface area contributed by atoms with E-state index in [1.165, 1.54) is 21.9 Å². The average Bonchev–Trinajstić information content (AvgIpc) is 2.78. The first-order chi connectivity index (χ1) is 14.2. The molecule has 0 bridgehead atoms. The number of benzene rings is 3. The molecule has 1 fully saturated rings. The summed E-state index contributed by atoms with van der Waals surface area (Å²) in [5.74, 6) is -0.475. The lowest BCUT2D eigenvalue weighted by Crippen LogP contribution is -2.46. The van der Waals surface area contributed by atoms with Gasteiger partial charge < -0.3 is 4.90 Å². The molecule has 1 saturated heterocycles. The summed E-state index contributed by atoms with van der Waals surface area (Å²) in [7, 11) is 0. The smallest absolute Gasteiger partial charge is 0.274 e. The first-order valence-electron chi connectivity index (χ1n) is 10.2. The molecule has 3 aromatic rings. The van der Waals surface area contributed by atoms with Crippen LogP contribution >= 0.6 is 0 Å². The highest BCUT2D eigenvalue weighted by molar-refractivity contribution is 5.93. The summed E-state index contributed by atoms with van der Waals surface area (Å²) in [6.45, 7) is 6.25. The van der Waals surface area contributed by atoms with Crippen molar-refractivity contribution in [2.45, 2.75) is 13.0 Å². The molecule has 29 heavy (non-hydrogen) atoms. The Hall–Kier alpha value is -2.73. The second-order valence-corrected chi connectivity index (χ2v) is 7.69. The van der Waals surface area contributed by atoms with Crippen LogP contribution in [0.3, 0.4) is 0 Å². The first-order valence-corrected chi connectivity index (χ1v) is 10.2. The third-order valence-electron chi connectivity index (χ3n) is 5.72. The lowest BCUT2D eigenvalue weighted by Gasteiger charge is -2.34. The molecule has 5 heteroatoms. The Morgan fingerprint density at radius 3 is 2.21 bits per heavy atom. The van der Waals surface area contributed by atoms with Gasteiger partial charge in [-0.15, -0.1) is 0 Å². The van der Waals surface area contributed by atoms with Crippen molar-refractivity contribution in [1.29, 1.82) is 0 Å². The molecule has 150 valence electrons. The normalized spacial score (nSPS) is 15.5. The van der Waals surface area contributed by atoms with Crippen molar-refractivity contribution in [2.24, 2.45) is 0 Å². The molecule has 0 saturated carbocycles. The molecule has 0 unspecified atom stereocenters. The number of fused-ring (bicyclic) bond motifs is 1. The second kappa shape index (κ2) is 9.18. The SMILES string of the molecule is O=C(NO)c1ccc(CN2CCN(CCc3ccc4ccccc4c3)CC2)cc1. The van der Waals surface area contributed by atoms with Crippen molar-refractivity contribution in [3.8, 4) is 0 Å². The van der Waals surface area contributed by atoms with Crippen LogP contribution in [0, 0.1) is 0 Å². The van der Waals surface area contributed by atoms with Crippen LogP contribution in [0.5, 0.6) is 0 Å². The van der Waals surface area contributed by atoms with Crippen molar-refractivity contribution in [1.82, 2.24) is 15.3 Å². The maximum atomic E-state index is 11.4. The first kappa shape index (κ1) is 19.6. The summed E-state index contributed by atoms with van der Waals surface area (Å²) in [6, 6.07) is 22.7. The molecular formula is C24H27N3O2. The van der Waals surface area contributed by atoms with Crippen molar-refractivity contribution < 1.29 is 10.0 Å². The van der Waals surface area contributed by atoms with Crippen LogP contribution in [0.1, 0.15) is 21.5 Å². The highest BCUT2D eigenvalue weighted by Gasteiger charge is 2.17. The number of carbonyl (C=O) groups excluding carboxylic acids is 1. The molecule has 3 aromatic carbocycles. The zero-order chi connectivity index (χ0) is 20.1. The third kappa shape index (κ3) is 5.01. The number of nitrogens with one attached hydrogen (secondary N) is 1. The van der Waals surface area contributed by atoms with E-state index in [0.717, 1.165) is 45.7 Å². The molecule has 0 radical (unpaired) electrons. The van der Waals surface area contributed by atoms with Gasteiger partial charge in [-0.05, 0) is 40.5 Å². The molecule has 0 spiro atoms. The number of nitrogens with zero attached hydrogens (tertiary/aromatic N) is 2. The van der Waals surface area contributed by atoms with Gasteiger partial charge in [-0.3, -0.25) is 14.9 Å². The fraction of sp³-hybridized carbons (Fsp3) is 0.292. The Morgan fingerprint density at radius 2 is 1.48 bits per heavy atom. The maximum Gasteiger partial charge on any atom is 0.274 e. The summed E-state index contributed by atoms with van der Waals surface area (Å²) < 4.78 is 0. The maximum absolute atomic E-state index is 11.4. The number of hydrogen-bond acceptors (Lipinski definition) is 4. The van der Waals surface area contributed by atoms with Crippen molar-refractivity contribution in [2.75, 3.05) is 32.7 Å². The number of hydroxylamine groups is 1. The lowest BCUT2D eigenvalue weighted by atomic mass is 10.0. The van der Waals surface area contributed by atoms with Gasteiger partial charge in [-0.25, -0.2) is 5.48 Å². The highest BCUT2D eigenvalue weighted by atomic mass is 16.5. The van der Waals surface area contributed by atoms with Crippen LogP contribution in [0.2, 0.25) is 0 Å². The number of carbonyl (C=O) groups is 1. The van der Waals surface area contributed by atoms with E-state index in [4.69, 9.17) is 5.21 Å². The molecule has 4 rings (SSSR count). The molecular weight excluding hydrogens is 362 g/mol. The van der Waals surface area contributed by atoms with E-state index in [0.29, 0.717) is 5.56 Å². The van der Waals surface area contributed by atoms with E-state index >= 15 is 0 Å². The Morgan fingerprint density at radius 1 is 0.828 bits per heavy atom. The fourth-order valence-electron chi connectivity index (χ4n) is 3.94. The molecule has 1 aliphatic heterocycles. The predicted molar refractivity (Wildman–Crippen MR) is 115 cm³/mol. The van der Waals surface area contributed by atoms with E-state index < -0.39 is 5.91 Å². The molecule has 1 aliphatic rings. The Balaban J connectivity index is 1.24. The molecule has 0 aromatic heterocycles. The van der Waals surface area contributed by atoms with Gasteiger partial charge in [0.1, 0.15) is 0 Å². The summed E-state index contributed by atoms with van der Waals surface area (Å²) >= 11 is 0. The minimum absolute atomic E-state index is 0.467. The monoisotopic (exact) mass is 389 g/mol. The van der Waals surface area contributed by atoms with Crippen LogP contribution in [0.15, 0.2) is 66.7 Å². The summed E-state index contributed by atoms with van der Waals surface area (Å²) in [6.07, 6.45) is 1.08.